The Balaban J connectivity index is 0.000000150. The minimum absolute atomic E-state index is 0.189. The fourth-order valence-corrected chi connectivity index (χ4v) is 12.5. The van der Waals surface area contributed by atoms with Gasteiger partial charge in [-0.15, -0.1) is 0 Å². The highest BCUT2D eigenvalue weighted by atomic mass is 16.5. The van der Waals surface area contributed by atoms with E-state index in [2.05, 4.69) is 244 Å². The summed E-state index contributed by atoms with van der Waals surface area (Å²) in [6.07, 6.45) is 0.801. The van der Waals surface area contributed by atoms with Crippen molar-refractivity contribution in [1.29, 1.82) is 0 Å². The molecule has 2 spiro atoms. The van der Waals surface area contributed by atoms with Crippen LogP contribution >= 0.6 is 0 Å². The largest absolute Gasteiger partial charge is 0.491 e. The molecular weight excluding hydrogens is 821 g/mol. The summed E-state index contributed by atoms with van der Waals surface area (Å²) >= 11 is 0. The van der Waals surface area contributed by atoms with Gasteiger partial charge >= 0.3 is 0 Å². The number of benzene rings is 10. The molecule has 0 saturated carbocycles. The van der Waals surface area contributed by atoms with Crippen LogP contribution in [0.2, 0.25) is 0 Å². The van der Waals surface area contributed by atoms with Crippen molar-refractivity contribution in [2.45, 2.75) is 24.2 Å². The summed E-state index contributed by atoms with van der Waals surface area (Å²) in [6.45, 7) is 7.48. The molecule has 1 heterocycles. The summed E-state index contributed by atoms with van der Waals surface area (Å²) < 4.78 is 6.78. The van der Waals surface area contributed by atoms with Crippen molar-refractivity contribution in [2.24, 2.45) is 0 Å². The normalized spacial score (nSPS) is 14.3. The zero-order valence-electron chi connectivity index (χ0n) is 38.0. The molecule has 14 rings (SSSR count). The topological polar surface area (TPSA) is 9.23 Å². The van der Waals surface area contributed by atoms with Crippen molar-refractivity contribution in [1.82, 2.24) is 0 Å². The second-order valence-corrected chi connectivity index (χ2v) is 18.7. The van der Waals surface area contributed by atoms with Crippen molar-refractivity contribution in [3.05, 3.63) is 310 Å². The predicted molar refractivity (Wildman–Crippen MR) is 280 cm³/mol. The molecular formula is C67H48O. The zero-order valence-corrected chi connectivity index (χ0v) is 38.0. The standard InChI is InChI=1S/C41H30O.C26H18/c1-28-32-18-9-12-25-39(32)42-27-41(36-22-10-7-20-34(36)35-21-8-11-23-37(35)41)38-24-13-17-31(40(28)38)26-30-16-5-6-19-33(30)29-14-3-2-4-15-29;1-17-14-15-21-20-10-4-7-13-24(20)26(25(21)16-17)22-11-5-2-8-18(22)19-9-3-6-12-23(19)26/h2-25H,1,26-27H2;2-16H,1H3. The molecule has 0 bridgehead atoms. The molecule has 0 saturated heterocycles. The molecule has 68 heavy (non-hydrogen) atoms. The summed E-state index contributed by atoms with van der Waals surface area (Å²) in [7, 11) is 0. The fourth-order valence-electron chi connectivity index (χ4n) is 12.5. The molecule has 0 amide bonds. The maximum Gasteiger partial charge on any atom is 0.127 e. The van der Waals surface area contributed by atoms with Gasteiger partial charge in [-0.25, -0.2) is 0 Å². The van der Waals surface area contributed by atoms with Gasteiger partial charge in [0, 0.05) is 5.56 Å². The first-order valence-electron chi connectivity index (χ1n) is 23.8. The van der Waals surface area contributed by atoms with Gasteiger partial charge in [0.1, 0.15) is 12.4 Å². The van der Waals surface area contributed by atoms with Gasteiger partial charge in [-0.05, 0) is 125 Å². The Kier molecular flexibility index (Phi) is 9.24. The SMILES string of the molecule is C=C1c2ccccc2OCC2(c3ccccc3-c3ccccc32)c2cccc(Cc3ccccc3-c3ccccc3)c21.Cc1ccc2c(c1)C1(c3ccccc3-c3ccccc31)c1ccccc1-2. The maximum atomic E-state index is 6.78. The van der Waals surface area contributed by atoms with Gasteiger partial charge in [0.15, 0.2) is 0 Å². The lowest BCUT2D eigenvalue weighted by molar-refractivity contribution is 0.266. The minimum atomic E-state index is -0.464. The monoisotopic (exact) mass is 868 g/mol. The van der Waals surface area contributed by atoms with Crippen LogP contribution in [0, 0.1) is 6.92 Å². The Labute approximate surface area is 399 Å². The molecule has 10 aromatic rings. The number of rotatable bonds is 3. The summed E-state index contributed by atoms with van der Waals surface area (Å²) in [6, 6.07) is 86.1. The van der Waals surface area contributed by atoms with Gasteiger partial charge in [0.05, 0.1) is 10.8 Å². The van der Waals surface area contributed by atoms with E-state index in [1.165, 1.54) is 106 Å². The molecule has 0 radical (unpaired) electrons. The first-order valence-corrected chi connectivity index (χ1v) is 23.8. The Hall–Kier alpha value is -8.26. The molecule has 10 aromatic carbocycles. The zero-order chi connectivity index (χ0) is 45.4. The van der Waals surface area contributed by atoms with Crippen LogP contribution in [0.3, 0.4) is 0 Å². The Morgan fingerprint density at radius 1 is 0.382 bits per heavy atom. The molecule has 0 aromatic heterocycles. The van der Waals surface area contributed by atoms with Gasteiger partial charge in [0.2, 0.25) is 0 Å². The fraction of sp³-hybridized carbons (Fsp3) is 0.0746. The highest BCUT2D eigenvalue weighted by molar-refractivity contribution is 5.95. The summed E-state index contributed by atoms with van der Waals surface area (Å²) in [5.74, 6) is 0.883. The quantitative estimate of drug-likeness (QED) is 0.172. The number of ether oxygens (including phenoxy) is 1. The van der Waals surface area contributed by atoms with E-state index in [4.69, 9.17) is 11.3 Å². The van der Waals surface area contributed by atoms with E-state index in [0.717, 1.165) is 23.3 Å². The van der Waals surface area contributed by atoms with Crippen molar-refractivity contribution < 1.29 is 4.74 Å². The molecule has 0 fully saturated rings. The number of fused-ring (bicyclic) bond motifs is 18. The van der Waals surface area contributed by atoms with Gasteiger partial charge in [-0.1, -0.05) is 243 Å². The molecule has 0 unspecified atom stereocenters. The smallest absolute Gasteiger partial charge is 0.127 e. The van der Waals surface area contributed by atoms with Gasteiger partial charge < -0.3 is 4.74 Å². The second-order valence-electron chi connectivity index (χ2n) is 18.7. The molecule has 1 nitrogen and oxygen atoms in total. The van der Waals surface area contributed by atoms with Crippen molar-refractivity contribution in [3.63, 3.8) is 0 Å². The van der Waals surface area contributed by atoms with E-state index in [1.807, 2.05) is 0 Å². The summed E-state index contributed by atoms with van der Waals surface area (Å²) in [5, 5.41) is 0. The van der Waals surface area contributed by atoms with Crippen LogP contribution in [0.15, 0.2) is 243 Å². The summed E-state index contributed by atoms with van der Waals surface area (Å²) in [4.78, 5) is 0. The number of hydrogen-bond donors (Lipinski definition) is 0. The molecule has 3 aliphatic carbocycles. The average Bonchev–Trinajstić information content (AvgIpc) is 3.98. The second kappa shape index (κ2) is 15.7. The average molecular weight is 869 g/mol. The lowest BCUT2D eigenvalue weighted by atomic mass is 9.68. The van der Waals surface area contributed by atoms with Crippen LogP contribution < -0.4 is 4.74 Å². The lowest BCUT2D eigenvalue weighted by Crippen LogP contribution is -2.36. The third-order valence-electron chi connectivity index (χ3n) is 15.3. The highest BCUT2D eigenvalue weighted by Gasteiger charge is 2.52. The highest BCUT2D eigenvalue weighted by Crippen LogP contribution is 2.63. The summed E-state index contributed by atoms with van der Waals surface area (Å²) in [5.41, 5.74) is 26.6. The van der Waals surface area contributed by atoms with Crippen molar-refractivity contribution in [2.75, 3.05) is 6.61 Å². The van der Waals surface area contributed by atoms with Crippen LogP contribution in [0.25, 0.3) is 50.1 Å². The minimum Gasteiger partial charge on any atom is -0.491 e. The molecule has 4 aliphatic rings. The number of para-hydroxylation sites is 1. The maximum absolute atomic E-state index is 6.78. The van der Waals surface area contributed by atoms with E-state index in [9.17, 15) is 0 Å². The van der Waals surface area contributed by atoms with Crippen LogP contribution in [-0.4, -0.2) is 6.61 Å². The third-order valence-corrected chi connectivity index (χ3v) is 15.3. The van der Waals surface area contributed by atoms with Crippen LogP contribution in [-0.2, 0) is 17.3 Å². The Morgan fingerprint density at radius 3 is 1.43 bits per heavy atom. The van der Waals surface area contributed by atoms with E-state index in [1.54, 1.807) is 0 Å². The number of hydrogen-bond acceptors (Lipinski definition) is 1. The first-order chi connectivity index (χ1) is 33.6. The molecule has 1 heteroatoms. The molecule has 0 atom stereocenters. The van der Waals surface area contributed by atoms with Crippen LogP contribution in [0.1, 0.15) is 66.8 Å². The lowest BCUT2D eigenvalue weighted by Gasteiger charge is -2.37. The van der Waals surface area contributed by atoms with E-state index >= 15 is 0 Å². The Morgan fingerprint density at radius 2 is 0.824 bits per heavy atom. The third kappa shape index (κ3) is 5.75. The molecule has 322 valence electrons. The van der Waals surface area contributed by atoms with Gasteiger partial charge in [-0.2, -0.15) is 0 Å². The van der Waals surface area contributed by atoms with Crippen LogP contribution in [0.4, 0.5) is 0 Å². The van der Waals surface area contributed by atoms with Crippen LogP contribution in [0.5, 0.6) is 5.75 Å². The van der Waals surface area contributed by atoms with Gasteiger partial charge in [0.25, 0.3) is 0 Å². The van der Waals surface area contributed by atoms with E-state index in [0.29, 0.717) is 6.61 Å². The predicted octanol–water partition coefficient (Wildman–Crippen LogP) is 16.1. The van der Waals surface area contributed by atoms with E-state index < -0.39 is 5.41 Å². The number of aryl methyl sites for hydroxylation is 1. The van der Waals surface area contributed by atoms with E-state index in [-0.39, 0.29) is 5.41 Å². The first kappa shape index (κ1) is 40.1. The molecule has 0 N–H and O–H groups in total. The van der Waals surface area contributed by atoms with Gasteiger partial charge in [-0.3, -0.25) is 0 Å². The van der Waals surface area contributed by atoms with Crippen molar-refractivity contribution in [3.8, 4) is 50.3 Å². The van der Waals surface area contributed by atoms with Crippen molar-refractivity contribution >= 4 is 5.57 Å². The molecule has 1 aliphatic heterocycles. The Bertz CT molecular complexity index is 3540.